The molecule has 1 aliphatic rings. The number of furan rings is 1. The van der Waals surface area contributed by atoms with Crippen molar-refractivity contribution in [1.29, 1.82) is 0 Å². The van der Waals surface area contributed by atoms with Crippen molar-refractivity contribution in [3.05, 3.63) is 88.5 Å². The molecule has 5 rings (SSSR count). The van der Waals surface area contributed by atoms with Gasteiger partial charge in [0.1, 0.15) is 5.76 Å². The molecule has 1 aliphatic heterocycles. The van der Waals surface area contributed by atoms with Crippen LogP contribution in [0, 0.1) is 5.92 Å². The van der Waals surface area contributed by atoms with Crippen LogP contribution in [0.4, 0.5) is 0 Å². The number of likely N-dealkylation sites (tertiary alicyclic amines) is 1. The zero-order chi connectivity index (χ0) is 27.4. The summed E-state index contributed by atoms with van der Waals surface area (Å²) in [6.45, 7) is 4.20. The fraction of sp³-hybridized carbons (Fsp3) is 0.300. The Labute approximate surface area is 232 Å². The summed E-state index contributed by atoms with van der Waals surface area (Å²) in [5.41, 5.74) is 2.34. The molecule has 1 saturated heterocycles. The number of aryl methyl sites for hydroxylation is 1. The van der Waals surface area contributed by atoms with E-state index >= 15 is 0 Å². The Hall–Kier alpha value is -3.88. The molecule has 0 unspecified atom stereocenters. The monoisotopic (exact) mass is 543 g/mol. The molecule has 0 saturated carbocycles. The van der Waals surface area contributed by atoms with Crippen molar-refractivity contribution in [3.8, 4) is 22.9 Å². The quantitative estimate of drug-likeness (QED) is 0.293. The maximum Gasteiger partial charge on any atom is 0.248 e. The van der Waals surface area contributed by atoms with Crippen LogP contribution in [0.1, 0.15) is 42.2 Å². The first-order valence-electron chi connectivity index (χ1n) is 13.0. The normalized spacial score (nSPS) is 15.0. The van der Waals surface area contributed by atoms with E-state index in [0.717, 1.165) is 38.0 Å². The zero-order valence-corrected chi connectivity index (χ0v) is 22.8. The van der Waals surface area contributed by atoms with Crippen LogP contribution in [0.25, 0.3) is 22.9 Å². The lowest BCUT2D eigenvalue weighted by Crippen LogP contribution is -2.34. The molecule has 8 nitrogen and oxygen atoms in total. The van der Waals surface area contributed by atoms with Crippen molar-refractivity contribution in [2.24, 2.45) is 18.0 Å². The second-order valence-corrected chi connectivity index (χ2v) is 10.3. The topological polar surface area (TPSA) is 93.6 Å². The van der Waals surface area contributed by atoms with Crippen LogP contribution in [-0.4, -0.2) is 44.4 Å². The fourth-order valence-corrected chi connectivity index (χ4v) is 5.03. The minimum absolute atomic E-state index is 0.0780. The molecule has 0 radical (unpaired) electrons. The molecular weight excluding hydrogens is 514 g/mol. The van der Waals surface area contributed by atoms with E-state index in [1.165, 1.54) is 17.2 Å². The molecule has 9 heteroatoms. The number of aromatic nitrogens is 3. The molecular formula is C30H30ClN5O3. The molecule has 0 bridgehead atoms. The molecule has 4 aromatic rings. The molecule has 3 heterocycles. The van der Waals surface area contributed by atoms with E-state index in [9.17, 15) is 9.59 Å². The Morgan fingerprint density at radius 1 is 1.03 bits per heavy atom. The third kappa shape index (κ3) is 6.58. The number of nitrogens with zero attached hydrogens (tertiary/aromatic N) is 5. The van der Waals surface area contributed by atoms with E-state index in [1.54, 1.807) is 31.3 Å². The summed E-state index contributed by atoms with van der Waals surface area (Å²) in [4.78, 5) is 36.5. The molecule has 39 heavy (non-hydrogen) atoms. The van der Waals surface area contributed by atoms with Crippen molar-refractivity contribution >= 4 is 23.3 Å². The Kier molecular flexibility index (Phi) is 8.14. The largest absolute Gasteiger partial charge is 0.453 e. The van der Waals surface area contributed by atoms with E-state index in [-0.39, 0.29) is 34.6 Å². The molecule has 1 fully saturated rings. The van der Waals surface area contributed by atoms with Gasteiger partial charge in [0.15, 0.2) is 22.7 Å². The van der Waals surface area contributed by atoms with Crippen LogP contribution in [-0.2, 0) is 18.4 Å². The first-order valence-corrected chi connectivity index (χ1v) is 13.4. The first-order chi connectivity index (χ1) is 18.9. The van der Waals surface area contributed by atoms with E-state index in [4.69, 9.17) is 16.0 Å². The number of Topliss-reactive ketones (excluding diaryl/α,β-unsaturated/α-hetero) is 1. The number of ketones is 1. The lowest BCUT2D eigenvalue weighted by Gasteiger charge is -2.31. The zero-order valence-electron chi connectivity index (χ0n) is 22.0. The van der Waals surface area contributed by atoms with Crippen LogP contribution >= 0.6 is 11.6 Å². The molecule has 0 atom stereocenters. The Morgan fingerprint density at radius 2 is 1.77 bits per heavy atom. The highest BCUT2D eigenvalue weighted by molar-refractivity contribution is 6.30. The second-order valence-electron chi connectivity index (χ2n) is 9.88. The van der Waals surface area contributed by atoms with Gasteiger partial charge in [-0.3, -0.25) is 14.5 Å². The van der Waals surface area contributed by atoms with E-state index in [2.05, 4.69) is 44.2 Å². The number of amides is 1. The number of rotatable bonds is 7. The van der Waals surface area contributed by atoms with Crippen molar-refractivity contribution in [1.82, 2.24) is 19.7 Å². The number of carbonyl (C=O) groups excluding carboxylic acids is 2. The molecule has 0 spiro atoms. The predicted molar refractivity (Wildman–Crippen MR) is 149 cm³/mol. The third-order valence-corrected chi connectivity index (χ3v) is 7.13. The van der Waals surface area contributed by atoms with Gasteiger partial charge < -0.3 is 4.42 Å². The van der Waals surface area contributed by atoms with Crippen LogP contribution in [0.15, 0.2) is 76.1 Å². The minimum Gasteiger partial charge on any atom is -0.453 e. The van der Waals surface area contributed by atoms with Crippen LogP contribution in [0.5, 0.6) is 0 Å². The van der Waals surface area contributed by atoms with Gasteiger partial charge in [0.25, 0.3) is 0 Å². The number of halogens is 1. The maximum atomic E-state index is 12.9. The smallest absolute Gasteiger partial charge is 0.248 e. The third-order valence-electron chi connectivity index (χ3n) is 6.90. The molecule has 200 valence electrons. The number of hydrogen-bond acceptors (Lipinski definition) is 6. The van der Waals surface area contributed by atoms with E-state index < -0.39 is 0 Å². The predicted octanol–water partition coefficient (Wildman–Crippen LogP) is 5.33. The second kappa shape index (κ2) is 11.9. The maximum absolute atomic E-state index is 12.9. The van der Waals surface area contributed by atoms with Gasteiger partial charge in [-0.2, -0.15) is 4.99 Å². The molecule has 2 aromatic carbocycles. The summed E-state index contributed by atoms with van der Waals surface area (Å²) in [5, 5.41) is 5.04. The number of piperidine rings is 1. The summed E-state index contributed by atoms with van der Waals surface area (Å²) in [7, 11) is 1.65. The van der Waals surface area contributed by atoms with Crippen molar-refractivity contribution in [2.75, 3.05) is 13.1 Å². The van der Waals surface area contributed by atoms with Gasteiger partial charge in [-0.25, -0.2) is 9.67 Å². The Bertz CT molecular complexity index is 1550. The van der Waals surface area contributed by atoms with E-state index in [0.29, 0.717) is 23.0 Å². The SMILES string of the molecule is CC(=O)c1nc(-c2ccc(-c3cccc(Cl)c3)o2)nn(C)/c1=N/C(=O)CC1CCN(Cc2ccccc2)CC1. The fourth-order valence-electron chi connectivity index (χ4n) is 4.84. The number of benzene rings is 2. The van der Waals surface area contributed by atoms with Gasteiger partial charge in [-0.15, -0.1) is 5.10 Å². The highest BCUT2D eigenvalue weighted by Gasteiger charge is 2.22. The Balaban J connectivity index is 1.30. The van der Waals surface area contributed by atoms with Crippen LogP contribution < -0.4 is 5.49 Å². The summed E-state index contributed by atoms with van der Waals surface area (Å²) in [6, 6.07) is 21.3. The van der Waals surface area contributed by atoms with Crippen molar-refractivity contribution < 1.29 is 14.0 Å². The van der Waals surface area contributed by atoms with Gasteiger partial charge in [0, 0.05) is 37.5 Å². The summed E-state index contributed by atoms with van der Waals surface area (Å²) in [5.74, 6) is 0.898. The lowest BCUT2D eigenvalue weighted by molar-refractivity contribution is -0.119. The van der Waals surface area contributed by atoms with Crippen molar-refractivity contribution in [2.45, 2.75) is 32.7 Å². The van der Waals surface area contributed by atoms with Crippen LogP contribution in [0.3, 0.4) is 0 Å². The molecule has 2 aromatic heterocycles. The average Bonchev–Trinajstić information content (AvgIpc) is 3.42. The Morgan fingerprint density at radius 3 is 2.49 bits per heavy atom. The van der Waals surface area contributed by atoms with Gasteiger partial charge in [-0.05, 0) is 61.7 Å². The molecule has 0 N–H and O–H groups in total. The summed E-state index contributed by atoms with van der Waals surface area (Å²) >= 11 is 6.10. The number of hydrogen-bond donors (Lipinski definition) is 0. The minimum atomic E-state index is -0.309. The van der Waals surface area contributed by atoms with E-state index in [1.807, 2.05) is 18.2 Å². The van der Waals surface area contributed by atoms with Crippen LogP contribution in [0.2, 0.25) is 5.02 Å². The van der Waals surface area contributed by atoms with Crippen molar-refractivity contribution in [3.63, 3.8) is 0 Å². The number of carbonyl (C=O) groups is 2. The van der Waals surface area contributed by atoms with Gasteiger partial charge in [0.2, 0.25) is 11.7 Å². The van der Waals surface area contributed by atoms with Gasteiger partial charge in [0.05, 0.1) is 0 Å². The summed E-state index contributed by atoms with van der Waals surface area (Å²) in [6.07, 6.45) is 2.20. The highest BCUT2D eigenvalue weighted by Crippen LogP contribution is 2.28. The summed E-state index contributed by atoms with van der Waals surface area (Å²) < 4.78 is 7.38. The molecule has 1 amide bonds. The average molecular weight is 544 g/mol. The molecule has 0 aliphatic carbocycles. The standard InChI is InChI=1S/C30H30ClN5O3/c1-20(37)28-30(32-27(38)17-21-13-15-36(16-14-21)19-22-7-4-3-5-8-22)35(2)34-29(33-28)26-12-11-25(39-26)23-9-6-10-24(31)18-23/h3-12,18,21H,13-17,19H2,1-2H3/b32-30+. The van der Waals surface area contributed by atoms with Gasteiger partial charge in [-0.1, -0.05) is 54.1 Å². The highest BCUT2D eigenvalue weighted by atomic mass is 35.5. The first kappa shape index (κ1) is 26.7. The lowest BCUT2D eigenvalue weighted by atomic mass is 9.93. The van der Waals surface area contributed by atoms with Gasteiger partial charge >= 0.3 is 0 Å².